The fraction of sp³-hybridized carbons (Fsp3) is 0.500. The number of carbonyl (C=O) groups excluding carboxylic acids is 1. The molecule has 1 aromatic carbocycles. The summed E-state index contributed by atoms with van der Waals surface area (Å²) in [6, 6.07) is 5.42. The van der Waals surface area contributed by atoms with E-state index < -0.39 is 30.3 Å². The van der Waals surface area contributed by atoms with Gasteiger partial charge in [0.25, 0.3) is 0 Å². The average Bonchev–Trinajstić information content (AvgIpc) is 2.99. The molecule has 1 fully saturated rings. The highest BCUT2D eigenvalue weighted by molar-refractivity contribution is 5.83. The third-order valence-electron chi connectivity index (χ3n) is 3.90. The Labute approximate surface area is 146 Å². The topological polar surface area (TPSA) is 83.6 Å². The van der Waals surface area contributed by atoms with Gasteiger partial charge < -0.3 is 15.7 Å². The predicted octanol–water partition coefficient (Wildman–Crippen LogP) is 2.46. The van der Waals surface area contributed by atoms with Gasteiger partial charge in [-0.1, -0.05) is 25.1 Å². The Hall–Kier alpha value is -2.23. The summed E-state index contributed by atoms with van der Waals surface area (Å²) >= 11 is 0. The Morgan fingerprint density at radius 1 is 1.31 bits per heavy atom. The number of amides is 1. The van der Waals surface area contributed by atoms with Crippen molar-refractivity contribution in [2.75, 3.05) is 13.1 Å². The van der Waals surface area contributed by atoms with Crippen LogP contribution in [0.3, 0.4) is 0 Å². The highest BCUT2D eigenvalue weighted by atomic mass is 19.4. The van der Waals surface area contributed by atoms with Crippen LogP contribution in [0.25, 0.3) is 0 Å². The molecule has 0 saturated carbocycles. The second-order valence-electron chi connectivity index (χ2n) is 5.81. The van der Waals surface area contributed by atoms with Crippen molar-refractivity contribution in [1.29, 1.82) is 0 Å². The van der Waals surface area contributed by atoms with Gasteiger partial charge in [-0.2, -0.15) is 13.2 Å². The lowest BCUT2D eigenvalue weighted by molar-refractivity contribution is -0.192. The molecule has 0 unspecified atom stereocenters. The summed E-state index contributed by atoms with van der Waals surface area (Å²) in [6.45, 7) is 2.19. The zero-order chi connectivity index (χ0) is 20.1. The molecule has 0 aliphatic carbocycles. The van der Waals surface area contributed by atoms with Gasteiger partial charge in [-0.3, -0.25) is 4.79 Å². The Kier molecular flexibility index (Phi) is 7.49. The largest absolute Gasteiger partial charge is 0.490 e. The SMILES string of the molecule is C[C@@H](c1ccccc1F)[C@H](N)C(=O)N1CC[C@H](F)C1.O=C(O)C(F)(F)F. The fourth-order valence-corrected chi connectivity index (χ4v) is 2.38. The minimum Gasteiger partial charge on any atom is -0.475 e. The van der Waals surface area contributed by atoms with Crippen molar-refractivity contribution in [3.63, 3.8) is 0 Å². The van der Waals surface area contributed by atoms with E-state index in [2.05, 4.69) is 0 Å². The van der Waals surface area contributed by atoms with Crippen molar-refractivity contribution in [2.45, 2.75) is 37.7 Å². The molecule has 5 nitrogen and oxygen atoms in total. The number of alkyl halides is 4. The highest BCUT2D eigenvalue weighted by Gasteiger charge is 2.38. The van der Waals surface area contributed by atoms with Gasteiger partial charge in [0, 0.05) is 12.5 Å². The van der Waals surface area contributed by atoms with Crippen LogP contribution in [-0.2, 0) is 9.59 Å². The molecule has 0 aromatic heterocycles. The molecule has 0 radical (unpaired) electrons. The normalized spacial score (nSPS) is 19.3. The Morgan fingerprint density at radius 2 is 1.85 bits per heavy atom. The van der Waals surface area contributed by atoms with E-state index in [4.69, 9.17) is 15.6 Å². The number of likely N-dealkylation sites (tertiary alicyclic amines) is 1. The van der Waals surface area contributed by atoms with E-state index in [-0.39, 0.29) is 18.3 Å². The number of carboxylic acids is 1. The van der Waals surface area contributed by atoms with Crippen LogP contribution in [0.5, 0.6) is 0 Å². The molecule has 26 heavy (non-hydrogen) atoms. The first-order valence-electron chi connectivity index (χ1n) is 7.68. The number of carboxylic acid groups (broad SMARTS) is 1. The number of rotatable bonds is 3. The number of nitrogens with two attached hydrogens (primary N) is 1. The van der Waals surface area contributed by atoms with E-state index >= 15 is 0 Å². The quantitative estimate of drug-likeness (QED) is 0.787. The number of hydrogen-bond donors (Lipinski definition) is 2. The second-order valence-corrected chi connectivity index (χ2v) is 5.81. The molecule has 3 N–H and O–H groups in total. The van der Waals surface area contributed by atoms with Crippen molar-refractivity contribution in [3.05, 3.63) is 35.6 Å². The van der Waals surface area contributed by atoms with Crippen molar-refractivity contribution < 1.29 is 36.6 Å². The zero-order valence-electron chi connectivity index (χ0n) is 13.8. The van der Waals surface area contributed by atoms with Crippen LogP contribution in [0.4, 0.5) is 22.0 Å². The van der Waals surface area contributed by atoms with Gasteiger partial charge in [-0.15, -0.1) is 0 Å². The Bertz CT molecular complexity index is 639. The van der Waals surface area contributed by atoms with Crippen molar-refractivity contribution in [1.82, 2.24) is 4.90 Å². The summed E-state index contributed by atoms with van der Waals surface area (Å²) in [6.07, 6.45) is -5.70. The van der Waals surface area contributed by atoms with E-state index in [0.717, 1.165) is 0 Å². The van der Waals surface area contributed by atoms with Gasteiger partial charge in [-0.05, 0) is 18.1 Å². The number of aliphatic carboxylic acids is 1. The first-order chi connectivity index (χ1) is 11.9. The maximum Gasteiger partial charge on any atom is 0.490 e. The first kappa shape index (κ1) is 21.8. The summed E-state index contributed by atoms with van der Waals surface area (Å²) in [5, 5.41) is 7.12. The van der Waals surface area contributed by atoms with Crippen molar-refractivity contribution >= 4 is 11.9 Å². The van der Waals surface area contributed by atoms with Crippen LogP contribution >= 0.6 is 0 Å². The van der Waals surface area contributed by atoms with Gasteiger partial charge in [0.1, 0.15) is 12.0 Å². The van der Waals surface area contributed by atoms with E-state index in [1.165, 1.54) is 11.0 Å². The zero-order valence-corrected chi connectivity index (χ0v) is 13.8. The first-order valence-corrected chi connectivity index (χ1v) is 7.68. The van der Waals surface area contributed by atoms with Crippen LogP contribution in [0.15, 0.2) is 24.3 Å². The fourth-order valence-electron chi connectivity index (χ4n) is 2.38. The Balaban J connectivity index is 0.000000412. The van der Waals surface area contributed by atoms with Crippen LogP contribution < -0.4 is 5.73 Å². The second kappa shape index (κ2) is 8.93. The molecule has 10 heteroatoms. The molecule has 3 atom stereocenters. The van der Waals surface area contributed by atoms with E-state index in [1.54, 1.807) is 25.1 Å². The average molecular weight is 382 g/mol. The molecule has 146 valence electrons. The summed E-state index contributed by atoms with van der Waals surface area (Å²) in [7, 11) is 0. The monoisotopic (exact) mass is 382 g/mol. The lowest BCUT2D eigenvalue weighted by Crippen LogP contribution is -2.45. The summed E-state index contributed by atoms with van der Waals surface area (Å²) in [5.74, 6) is -3.88. The van der Waals surface area contributed by atoms with Gasteiger partial charge in [0.2, 0.25) is 5.91 Å². The van der Waals surface area contributed by atoms with Crippen molar-refractivity contribution in [3.8, 4) is 0 Å². The summed E-state index contributed by atoms with van der Waals surface area (Å²) in [4.78, 5) is 22.4. The molecule has 2 rings (SSSR count). The van der Waals surface area contributed by atoms with E-state index in [9.17, 15) is 26.7 Å². The molecule has 1 saturated heterocycles. The van der Waals surface area contributed by atoms with Gasteiger partial charge in [-0.25, -0.2) is 13.6 Å². The molecule has 0 bridgehead atoms. The predicted molar refractivity (Wildman–Crippen MR) is 82.6 cm³/mol. The van der Waals surface area contributed by atoms with Crippen LogP contribution in [-0.4, -0.2) is 53.4 Å². The molecule has 1 amide bonds. The van der Waals surface area contributed by atoms with Gasteiger partial charge >= 0.3 is 12.1 Å². The van der Waals surface area contributed by atoms with Crippen LogP contribution in [0.2, 0.25) is 0 Å². The molecule has 1 aromatic rings. The van der Waals surface area contributed by atoms with Crippen LogP contribution in [0, 0.1) is 5.82 Å². The molecule has 1 aliphatic rings. The summed E-state index contributed by atoms with van der Waals surface area (Å²) in [5.41, 5.74) is 6.32. The third kappa shape index (κ3) is 5.94. The number of benzene rings is 1. The molecule has 1 heterocycles. The minimum absolute atomic E-state index is 0.0938. The third-order valence-corrected chi connectivity index (χ3v) is 3.90. The maximum atomic E-state index is 13.7. The maximum absolute atomic E-state index is 13.7. The molecule has 1 aliphatic heterocycles. The standard InChI is InChI=1S/C14H18F2N2O.C2HF3O2/c1-9(11-4-2-3-5-12(11)16)13(17)14(19)18-7-6-10(15)8-18;3-2(4,5)1(6)7/h2-5,9-10,13H,6-8,17H2,1H3;(H,6,7)/t9-,10-,13-;/m0./s1. The number of nitrogens with zero attached hydrogens (tertiary/aromatic N) is 1. The molecular formula is C16H19F5N2O3. The van der Waals surface area contributed by atoms with Gasteiger partial charge in [0.05, 0.1) is 12.6 Å². The lowest BCUT2D eigenvalue weighted by Gasteiger charge is -2.25. The number of halogens is 5. The molecular weight excluding hydrogens is 363 g/mol. The number of carbonyl (C=O) groups is 2. The lowest BCUT2D eigenvalue weighted by atomic mass is 9.92. The van der Waals surface area contributed by atoms with E-state index in [1.807, 2.05) is 0 Å². The Morgan fingerprint density at radius 3 is 2.27 bits per heavy atom. The molecule has 0 spiro atoms. The highest BCUT2D eigenvalue weighted by Crippen LogP contribution is 2.23. The van der Waals surface area contributed by atoms with Crippen molar-refractivity contribution in [2.24, 2.45) is 5.73 Å². The summed E-state index contributed by atoms with van der Waals surface area (Å²) < 4.78 is 58.5. The van der Waals surface area contributed by atoms with Crippen LogP contribution in [0.1, 0.15) is 24.8 Å². The smallest absolute Gasteiger partial charge is 0.475 e. The minimum atomic E-state index is -5.08. The number of hydrogen-bond acceptors (Lipinski definition) is 3. The van der Waals surface area contributed by atoms with E-state index in [0.29, 0.717) is 18.5 Å². The van der Waals surface area contributed by atoms with Gasteiger partial charge in [0.15, 0.2) is 0 Å².